The minimum Gasteiger partial charge on any atom is -0.295 e. The topological polar surface area (TPSA) is 17.1 Å². The van der Waals surface area contributed by atoms with Crippen molar-refractivity contribution in [2.45, 2.75) is 26.7 Å². The van der Waals surface area contributed by atoms with Crippen molar-refractivity contribution in [1.82, 2.24) is 0 Å². The van der Waals surface area contributed by atoms with E-state index in [1.807, 2.05) is 6.08 Å². The first-order valence-corrected chi connectivity index (χ1v) is 5.59. The SMILES string of the molecule is CC(C)=C1[C@H]2CC[C@H]1[C@H]1C(=O)C=C[C@H]12. The molecular weight excluding hydrogens is 172 g/mol. The highest BCUT2D eigenvalue weighted by atomic mass is 16.1. The normalized spacial score (nSPS) is 43.6. The summed E-state index contributed by atoms with van der Waals surface area (Å²) in [5.74, 6) is 2.58. The molecule has 4 atom stereocenters. The van der Waals surface area contributed by atoms with Crippen LogP contribution in [0.2, 0.25) is 0 Å². The van der Waals surface area contributed by atoms with Crippen LogP contribution in [0.25, 0.3) is 0 Å². The molecule has 0 aromatic heterocycles. The molecule has 3 aliphatic rings. The van der Waals surface area contributed by atoms with Crippen molar-refractivity contribution in [1.29, 1.82) is 0 Å². The standard InChI is InChI=1S/C13H16O/c1-7(2)12-8-3-4-10(12)13-9(8)5-6-11(13)14/h5-6,8-10,13H,3-4H2,1-2H3/t8-,9-,10+,13-/m0/s1. The molecule has 0 saturated heterocycles. The van der Waals surface area contributed by atoms with Crippen LogP contribution in [0.5, 0.6) is 0 Å². The molecule has 1 nitrogen and oxygen atoms in total. The molecule has 2 fully saturated rings. The van der Waals surface area contributed by atoms with E-state index in [4.69, 9.17) is 0 Å². The Hall–Kier alpha value is -0.850. The summed E-state index contributed by atoms with van der Waals surface area (Å²) in [6.45, 7) is 4.41. The van der Waals surface area contributed by atoms with E-state index in [0.717, 1.165) is 0 Å². The molecule has 0 N–H and O–H groups in total. The van der Waals surface area contributed by atoms with Crippen LogP contribution in [0.1, 0.15) is 26.7 Å². The quantitative estimate of drug-likeness (QED) is 0.534. The summed E-state index contributed by atoms with van der Waals surface area (Å²) in [7, 11) is 0. The van der Waals surface area contributed by atoms with Crippen molar-refractivity contribution < 1.29 is 4.79 Å². The third kappa shape index (κ3) is 0.832. The Kier molecular flexibility index (Phi) is 1.56. The van der Waals surface area contributed by atoms with Gasteiger partial charge in [0.25, 0.3) is 0 Å². The zero-order valence-corrected chi connectivity index (χ0v) is 8.79. The first-order valence-electron chi connectivity index (χ1n) is 5.59. The monoisotopic (exact) mass is 188 g/mol. The van der Waals surface area contributed by atoms with Crippen LogP contribution in [0, 0.1) is 23.7 Å². The highest BCUT2D eigenvalue weighted by Gasteiger charge is 2.54. The van der Waals surface area contributed by atoms with E-state index in [0.29, 0.717) is 29.5 Å². The molecule has 0 amide bonds. The van der Waals surface area contributed by atoms with Crippen molar-refractivity contribution >= 4 is 5.78 Å². The van der Waals surface area contributed by atoms with Crippen LogP contribution in [0.4, 0.5) is 0 Å². The van der Waals surface area contributed by atoms with Gasteiger partial charge in [-0.15, -0.1) is 0 Å². The van der Waals surface area contributed by atoms with E-state index in [9.17, 15) is 4.79 Å². The summed E-state index contributed by atoms with van der Waals surface area (Å²) < 4.78 is 0. The Morgan fingerprint density at radius 3 is 2.64 bits per heavy atom. The van der Waals surface area contributed by atoms with E-state index in [2.05, 4.69) is 19.9 Å². The number of rotatable bonds is 0. The number of fused-ring (bicyclic) bond motifs is 5. The van der Waals surface area contributed by atoms with Crippen LogP contribution >= 0.6 is 0 Å². The Balaban J connectivity index is 2.09. The van der Waals surface area contributed by atoms with Gasteiger partial charge in [0.2, 0.25) is 0 Å². The zero-order valence-electron chi connectivity index (χ0n) is 8.79. The average molecular weight is 188 g/mol. The van der Waals surface area contributed by atoms with E-state index in [1.54, 1.807) is 5.57 Å². The molecule has 0 heterocycles. The van der Waals surface area contributed by atoms with Crippen molar-refractivity contribution in [2.24, 2.45) is 23.7 Å². The van der Waals surface area contributed by atoms with Gasteiger partial charge in [0.1, 0.15) is 0 Å². The summed E-state index contributed by atoms with van der Waals surface area (Å²) in [6, 6.07) is 0. The smallest absolute Gasteiger partial charge is 0.159 e. The average Bonchev–Trinajstić information content (AvgIpc) is 2.74. The maximum absolute atomic E-state index is 11.7. The Labute approximate surface area is 84.9 Å². The highest BCUT2D eigenvalue weighted by molar-refractivity contribution is 5.96. The van der Waals surface area contributed by atoms with Crippen molar-refractivity contribution in [2.75, 3.05) is 0 Å². The summed E-state index contributed by atoms with van der Waals surface area (Å²) in [6.07, 6.45) is 6.55. The summed E-state index contributed by atoms with van der Waals surface area (Å²) in [5.41, 5.74) is 3.09. The first-order chi connectivity index (χ1) is 6.70. The molecule has 1 heteroatoms. The Morgan fingerprint density at radius 2 is 2.00 bits per heavy atom. The molecule has 2 saturated carbocycles. The molecule has 3 aliphatic carbocycles. The van der Waals surface area contributed by atoms with E-state index < -0.39 is 0 Å². The molecule has 3 rings (SSSR count). The van der Waals surface area contributed by atoms with Gasteiger partial charge in [-0.3, -0.25) is 4.79 Å². The van der Waals surface area contributed by atoms with Crippen LogP contribution in [-0.4, -0.2) is 5.78 Å². The van der Waals surface area contributed by atoms with Gasteiger partial charge in [-0.05, 0) is 50.5 Å². The van der Waals surface area contributed by atoms with Gasteiger partial charge in [0.05, 0.1) is 0 Å². The number of ketones is 1. The van der Waals surface area contributed by atoms with Gasteiger partial charge < -0.3 is 0 Å². The lowest BCUT2D eigenvalue weighted by Crippen LogP contribution is -2.22. The number of hydrogen-bond donors (Lipinski definition) is 0. The third-order valence-electron chi connectivity index (χ3n) is 4.29. The lowest BCUT2D eigenvalue weighted by Gasteiger charge is -2.21. The van der Waals surface area contributed by atoms with Gasteiger partial charge in [0.15, 0.2) is 5.78 Å². The van der Waals surface area contributed by atoms with Crippen molar-refractivity contribution in [3.05, 3.63) is 23.3 Å². The molecule has 2 bridgehead atoms. The lowest BCUT2D eigenvalue weighted by atomic mass is 9.81. The Morgan fingerprint density at radius 1 is 1.29 bits per heavy atom. The molecule has 0 radical (unpaired) electrons. The molecule has 0 aliphatic heterocycles. The van der Waals surface area contributed by atoms with Gasteiger partial charge in [-0.2, -0.15) is 0 Å². The van der Waals surface area contributed by atoms with Crippen LogP contribution in [-0.2, 0) is 4.79 Å². The predicted molar refractivity (Wildman–Crippen MR) is 55.7 cm³/mol. The molecule has 14 heavy (non-hydrogen) atoms. The number of allylic oxidation sites excluding steroid dienone is 4. The third-order valence-corrected chi connectivity index (χ3v) is 4.29. The molecule has 0 aromatic rings. The molecule has 0 spiro atoms. The van der Waals surface area contributed by atoms with Crippen LogP contribution < -0.4 is 0 Å². The number of carbonyl (C=O) groups is 1. The fraction of sp³-hybridized carbons (Fsp3) is 0.615. The fourth-order valence-corrected chi connectivity index (χ4v) is 3.94. The van der Waals surface area contributed by atoms with E-state index >= 15 is 0 Å². The minimum absolute atomic E-state index is 0.332. The summed E-state index contributed by atoms with van der Waals surface area (Å²) in [5, 5.41) is 0. The minimum atomic E-state index is 0.332. The largest absolute Gasteiger partial charge is 0.295 e. The zero-order chi connectivity index (χ0) is 9.87. The van der Waals surface area contributed by atoms with Crippen LogP contribution in [0.3, 0.4) is 0 Å². The van der Waals surface area contributed by atoms with Gasteiger partial charge >= 0.3 is 0 Å². The van der Waals surface area contributed by atoms with Gasteiger partial charge in [-0.25, -0.2) is 0 Å². The van der Waals surface area contributed by atoms with Crippen LogP contribution in [0.15, 0.2) is 23.3 Å². The van der Waals surface area contributed by atoms with E-state index in [-0.39, 0.29) is 0 Å². The molecule has 0 unspecified atom stereocenters. The number of carbonyl (C=O) groups excluding carboxylic acids is 1. The lowest BCUT2D eigenvalue weighted by molar-refractivity contribution is -0.119. The maximum atomic E-state index is 11.7. The highest BCUT2D eigenvalue weighted by Crippen LogP contribution is 2.59. The van der Waals surface area contributed by atoms with E-state index in [1.165, 1.54) is 18.4 Å². The molecule has 0 aromatic carbocycles. The Bertz CT molecular complexity index is 357. The van der Waals surface area contributed by atoms with Crippen molar-refractivity contribution in [3.8, 4) is 0 Å². The van der Waals surface area contributed by atoms with Gasteiger partial charge in [0, 0.05) is 5.92 Å². The summed E-state index contributed by atoms with van der Waals surface area (Å²) >= 11 is 0. The summed E-state index contributed by atoms with van der Waals surface area (Å²) in [4.78, 5) is 11.7. The second kappa shape index (κ2) is 2.59. The first kappa shape index (κ1) is 8.46. The molecule has 74 valence electrons. The fourth-order valence-electron chi connectivity index (χ4n) is 3.94. The molecular formula is C13H16O. The second-order valence-corrected chi connectivity index (χ2v) is 5.11. The maximum Gasteiger partial charge on any atom is 0.159 e. The number of hydrogen-bond acceptors (Lipinski definition) is 1. The van der Waals surface area contributed by atoms with Crippen molar-refractivity contribution in [3.63, 3.8) is 0 Å². The predicted octanol–water partition coefficient (Wildman–Crippen LogP) is 2.73. The van der Waals surface area contributed by atoms with Gasteiger partial charge in [-0.1, -0.05) is 17.2 Å². The second-order valence-electron chi connectivity index (χ2n) is 5.11.